The molecule has 0 spiro atoms. The molecule has 2 rings (SSSR count). The van der Waals surface area contributed by atoms with Crippen molar-refractivity contribution in [1.29, 1.82) is 0 Å². The van der Waals surface area contributed by atoms with Crippen LogP contribution in [-0.2, 0) is 4.74 Å². The fraction of sp³-hybridized carbons (Fsp3) is 0.353. The summed E-state index contributed by atoms with van der Waals surface area (Å²) in [5.74, 6) is 0.339. The van der Waals surface area contributed by atoms with Gasteiger partial charge in [0.25, 0.3) is 0 Å². The van der Waals surface area contributed by atoms with E-state index in [1.54, 1.807) is 12.2 Å². The molecule has 0 aliphatic rings. The summed E-state index contributed by atoms with van der Waals surface area (Å²) in [4.78, 5) is 24.1. The van der Waals surface area contributed by atoms with Gasteiger partial charge in [-0.1, -0.05) is 19.1 Å². The zero-order valence-electron chi connectivity index (χ0n) is 13.8. The second-order valence-corrected chi connectivity index (χ2v) is 6.51. The Morgan fingerprint density at radius 2 is 2.00 bits per heavy atom. The zero-order valence-corrected chi connectivity index (χ0v) is 15.4. The summed E-state index contributed by atoms with van der Waals surface area (Å²) in [7, 11) is 0. The summed E-state index contributed by atoms with van der Waals surface area (Å²) in [6, 6.07) is 0. The van der Waals surface area contributed by atoms with E-state index in [0.717, 1.165) is 17.4 Å². The van der Waals surface area contributed by atoms with E-state index in [2.05, 4.69) is 23.1 Å². The number of nitrogens with zero attached hydrogens (tertiary/aromatic N) is 3. The molecule has 0 aliphatic carbocycles. The summed E-state index contributed by atoms with van der Waals surface area (Å²) in [6.07, 6.45) is 4.34. The van der Waals surface area contributed by atoms with Gasteiger partial charge in [-0.05, 0) is 30.5 Å². The molecule has 0 unspecified atom stereocenters. The molecule has 0 bridgehead atoms. The van der Waals surface area contributed by atoms with Gasteiger partial charge in [0.2, 0.25) is 5.28 Å². The van der Waals surface area contributed by atoms with Crippen molar-refractivity contribution >= 4 is 44.9 Å². The lowest BCUT2D eigenvalue weighted by molar-refractivity contribution is 0.0510. The number of carbonyl (C=O) groups is 1. The van der Waals surface area contributed by atoms with Crippen LogP contribution in [-0.4, -0.2) is 35.6 Å². The first-order valence-electron chi connectivity index (χ1n) is 7.63. The van der Waals surface area contributed by atoms with Gasteiger partial charge < -0.3 is 9.64 Å². The normalized spacial score (nSPS) is 10.6. The molecular weight excluding hydrogens is 346 g/mol. The Bertz CT molecular complexity index is 763. The van der Waals surface area contributed by atoms with Gasteiger partial charge in [-0.2, -0.15) is 4.98 Å². The number of thiophene rings is 1. The number of aromatic nitrogens is 2. The van der Waals surface area contributed by atoms with Crippen LogP contribution in [0.5, 0.6) is 0 Å². The van der Waals surface area contributed by atoms with Crippen LogP contribution in [0.4, 0.5) is 5.82 Å². The molecule has 7 heteroatoms. The summed E-state index contributed by atoms with van der Waals surface area (Å²) in [5, 5.41) is 0.960. The maximum Gasteiger partial charge on any atom is 0.348 e. The van der Waals surface area contributed by atoms with Crippen LogP contribution >= 0.6 is 22.9 Å². The average Bonchev–Trinajstić information content (AvgIpc) is 2.88. The van der Waals surface area contributed by atoms with Crippen molar-refractivity contribution in [3.8, 4) is 0 Å². The van der Waals surface area contributed by atoms with Crippen molar-refractivity contribution in [1.82, 2.24) is 9.97 Å². The number of esters is 1. The molecule has 0 saturated heterocycles. The first-order chi connectivity index (χ1) is 11.5. The number of aryl methyl sites for hydroxylation is 1. The van der Waals surface area contributed by atoms with Crippen molar-refractivity contribution < 1.29 is 9.53 Å². The van der Waals surface area contributed by atoms with E-state index in [1.165, 1.54) is 11.3 Å². The molecule has 5 nitrogen and oxygen atoms in total. The molecule has 0 fully saturated rings. The second kappa shape index (κ2) is 8.26. The maximum absolute atomic E-state index is 12.3. The number of hydrogen-bond acceptors (Lipinski definition) is 6. The van der Waals surface area contributed by atoms with Gasteiger partial charge in [0, 0.05) is 13.1 Å². The van der Waals surface area contributed by atoms with E-state index >= 15 is 0 Å². The summed E-state index contributed by atoms with van der Waals surface area (Å²) >= 11 is 7.36. The lowest BCUT2D eigenvalue weighted by atomic mass is 10.2. The lowest BCUT2D eigenvalue weighted by Gasteiger charge is -2.21. The highest BCUT2D eigenvalue weighted by Crippen LogP contribution is 2.36. The molecule has 0 aliphatic heterocycles. The summed E-state index contributed by atoms with van der Waals surface area (Å²) in [5.41, 5.74) is 0.806. The van der Waals surface area contributed by atoms with E-state index < -0.39 is 0 Å². The zero-order chi connectivity index (χ0) is 17.7. The highest BCUT2D eigenvalue weighted by molar-refractivity contribution is 7.20. The fourth-order valence-electron chi connectivity index (χ4n) is 2.34. The summed E-state index contributed by atoms with van der Waals surface area (Å²) in [6.45, 7) is 12.9. The first-order valence-corrected chi connectivity index (χ1v) is 8.83. The van der Waals surface area contributed by atoms with Crippen molar-refractivity contribution in [3.05, 3.63) is 41.0 Å². The van der Waals surface area contributed by atoms with Crippen LogP contribution < -0.4 is 4.90 Å². The lowest BCUT2D eigenvalue weighted by Crippen LogP contribution is -2.24. The Hall–Kier alpha value is -1.92. The van der Waals surface area contributed by atoms with Gasteiger partial charge in [0.15, 0.2) is 0 Å². The third-order valence-electron chi connectivity index (χ3n) is 3.36. The molecular formula is C17H20ClN3O2S. The molecule has 128 valence electrons. The second-order valence-electron chi connectivity index (χ2n) is 5.17. The van der Waals surface area contributed by atoms with E-state index in [4.69, 9.17) is 16.3 Å². The highest BCUT2D eigenvalue weighted by Gasteiger charge is 2.23. The van der Waals surface area contributed by atoms with Gasteiger partial charge >= 0.3 is 5.97 Å². The van der Waals surface area contributed by atoms with Crippen LogP contribution in [0.2, 0.25) is 5.28 Å². The van der Waals surface area contributed by atoms with E-state index in [1.807, 2.05) is 18.7 Å². The van der Waals surface area contributed by atoms with E-state index in [9.17, 15) is 4.79 Å². The topological polar surface area (TPSA) is 55.3 Å². The SMILES string of the molecule is C=CCN(CC=C)c1nc(Cl)nc2sc(C(=O)OCCC)c(C)c12. The van der Waals surface area contributed by atoms with Gasteiger partial charge in [0.1, 0.15) is 15.5 Å². The molecule has 0 atom stereocenters. The van der Waals surface area contributed by atoms with Crippen molar-refractivity contribution in [2.45, 2.75) is 20.3 Å². The van der Waals surface area contributed by atoms with Crippen LogP contribution in [0.15, 0.2) is 25.3 Å². The number of hydrogen-bond donors (Lipinski definition) is 0. The maximum atomic E-state index is 12.3. The Morgan fingerprint density at radius 1 is 1.33 bits per heavy atom. The Kier molecular flexibility index (Phi) is 6.34. The Balaban J connectivity index is 2.59. The minimum Gasteiger partial charge on any atom is -0.462 e. The number of fused-ring (bicyclic) bond motifs is 1. The molecule has 2 heterocycles. The molecule has 0 saturated carbocycles. The number of rotatable bonds is 8. The number of ether oxygens (including phenoxy) is 1. The number of anilines is 1. The Morgan fingerprint density at radius 3 is 2.58 bits per heavy atom. The van der Waals surface area contributed by atoms with Gasteiger partial charge in [-0.25, -0.2) is 9.78 Å². The molecule has 0 aromatic carbocycles. The van der Waals surface area contributed by atoms with Gasteiger partial charge in [-0.3, -0.25) is 0 Å². The minimum atomic E-state index is -0.335. The molecule has 0 radical (unpaired) electrons. The predicted octanol–water partition coefficient (Wildman–Crippen LogP) is 4.40. The van der Waals surface area contributed by atoms with Gasteiger partial charge in [0.05, 0.1) is 12.0 Å². The fourth-order valence-corrected chi connectivity index (χ4v) is 3.62. The summed E-state index contributed by atoms with van der Waals surface area (Å²) < 4.78 is 5.26. The largest absolute Gasteiger partial charge is 0.462 e. The van der Waals surface area contributed by atoms with Crippen LogP contribution in [0.1, 0.15) is 28.6 Å². The third kappa shape index (κ3) is 3.76. The van der Waals surface area contributed by atoms with Crippen LogP contribution in [0, 0.1) is 6.92 Å². The number of carbonyl (C=O) groups excluding carboxylic acids is 1. The van der Waals surface area contributed by atoms with Crippen molar-refractivity contribution in [2.24, 2.45) is 0 Å². The molecule has 2 aromatic heterocycles. The average molecular weight is 366 g/mol. The predicted molar refractivity (Wildman–Crippen MR) is 100 cm³/mol. The molecule has 0 amide bonds. The first kappa shape index (κ1) is 18.4. The molecule has 0 N–H and O–H groups in total. The van der Waals surface area contributed by atoms with Gasteiger partial charge in [-0.15, -0.1) is 24.5 Å². The Labute approximate surface area is 150 Å². The quantitative estimate of drug-likeness (QED) is 0.394. The van der Waals surface area contributed by atoms with Crippen LogP contribution in [0.25, 0.3) is 10.2 Å². The standard InChI is InChI=1S/C17H20ClN3O2S/c1-5-8-21(9-6-2)14-12-11(4)13(16(22)23-10-7-3)24-15(12)20-17(18)19-14/h5-6H,1-2,7-10H2,3-4H3. The monoisotopic (exact) mass is 365 g/mol. The highest BCUT2D eigenvalue weighted by atomic mass is 35.5. The van der Waals surface area contributed by atoms with Crippen LogP contribution in [0.3, 0.4) is 0 Å². The third-order valence-corrected chi connectivity index (χ3v) is 4.70. The molecule has 2 aromatic rings. The molecule has 24 heavy (non-hydrogen) atoms. The minimum absolute atomic E-state index is 0.144. The van der Waals surface area contributed by atoms with Crippen molar-refractivity contribution in [2.75, 3.05) is 24.6 Å². The van der Waals surface area contributed by atoms with E-state index in [-0.39, 0.29) is 11.3 Å². The van der Waals surface area contributed by atoms with Crippen molar-refractivity contribution in [3.63, 3.8) is 0 Å². The number of halogens is 1. The van der Waals surface area contributed by atoms with E-state index in [0.29, 0.717) is 35.2 Å². The smallest absolute Gasteiger partial charge is 0.348 e.